The van der Waals surface area contributed by atoms with Crippen molar-refractivity contribution in [1.82, 2.24) is 0 Å². The summed E-state index contributed by atoms with van der Waals surface area (Å²) in [6, 6.07) is 8.63. The smallest absolute Gasteiger partial charge is 0.110 e. The van der Waals surface area contributed by atoms with E-state index in [2.05, 4.69) is 38.1 Å². The maximum atomic E-state index is 5.59. The summed E-state index contributed by atoms with van der Waals surface area (Å²) < 4.78 is 5.59. The summed E-state index contributed by atoms with van der Waals surface area (Å²) in [5.74, 6) is 0. The fraction of sp³-hybridized carbons (Fsp3) is 0.455. The van der Waals surface area contributed by atoms with Gasteiger partial charge >= 0.3 is 0 Å². The third kappa shape index (κ3) is 0.593. The molecule has 0 amide bonds. The number of epoxide rings is 1. The van der Waals surface area contributed by atoms with Gasteiger partial charge in [0.1, 0.15) is 6.10 Å². The predicted octanol–water partition coefficient (Wildman–Crippen LogP) is 2.42. The van der Waals surface area contributed by atoms with E-state index in [1.807, 2.05) is 0 Å². The van der Waals surface area contributed by atoms with Crippen LogP contribution in [-0.2, 0) is 10.2 Å². The summed E-state index contributed by atoms with van der Waals surface area (Å²) in [6.45, 7) is 4.53. The first kappa shape index (κ1) is 6.67. The maximum absolute atomic E-state index is 5.59. The first-order chi connectivity index (χ1) is 5.71. The summed E-state index contributed by atoms with van der Waals surface area (Å²) in [7, 11) is 0. The van der Waals surface area contributed by atoms with Gasteiger partial charge in [-0.1, -0.05) is 38.1 Å². The van der Waals surface area contributed by atoms with Crippen LogP contribution in [0.5, 0.6) is 0 Å². The highest BCUT2D eigenvalue weighted by molar-refractivity contribution is 5.46. The monoisotopic (exact) mass is 160 g/mol. The van der Waals surface area contributed by atoms with E-state index in [1.165, 1.54) is 11.1 Å². The number of hydrogen-bond acceptors (Lipinski definition) is 1. The van der Waals surface area contributed by atoms with Crippen molar-refractivity contribution in [1.29, 1.82) is 0 Å². The molecule has 0 spiro atoms. The Morgan fingerprint density at radius 2 is 2.00 bits per heavy atom. The molecule has 1 aliphatic carbocycles. The fourth-order valence-electron chi connectivity index (χ4n) is 2.38. The average Bonchev–Trinajstić information content (AvgIpc) is 2.80. The molecule has 0 aromatic heterocycles. The highest BCUT2D eigenvalue weighted by atomic mass is 16.6. The van der Waals surface area contributed by atoms with Crippen molar-refractivity contribution in [2.75, 3.05) is 0 Å². The van der Waals surface area contributed by atoms with Crippen LogP contribution in [-0.4, -0.2) is 6.10 Å². The molecular weight excluding hydrogens is 148 g/mol. The Hall–Kier alpha value is -0.820. The van der Waals surface area contributed by atoms with Crippen LogP contribution < -0.4 is 0 Å². The van der Waals surface area contributed by atoms with Crippen LogP contribution in [0.4, 0.5) is 0 Å². The highest BCUT2D eigenvalue weighted by Crippen LogP contribution is 2.58. The third-order valence-electron chi connectivity index (χ3n) is 3.16. The zero-order valence-corrected chi connectivity index (χ0v) is 7.37. The van der Waals surface area contributed by atoms with Crippen LogP contribution in [0.3, 0.4) is 0 Å². The van der Waals surface area contributed by atoms with E-state index in [0.717, 1.165) is 0 Å². The largest absolute Gasteiger partial charge is 0.364 e. The molecule has 3 rings (SSSR count). The Labute approximate surface area is 72.4 Å². The Balaban J connectivity index is 2.26. The molecule has 1 aromatic rings. The van der Waals surface area contributed by atoms with Gasteiger partial charge in [0, 0.05) is 5.41 Å². The molecule has 1 heteroatoms. The molecule has 1 fully saturated rings. The first-order valence-corrected chi connectivity index (χ1v) is 4.46. The molecule has 2 aliphatic rings. The quantitative estimate of drug-likeness (QED) is 0.531. The van der Waals surface area contributed by atoms with Crippen molar-refractivity contribution < 1.29 is 4.74 Å². The van der Waals surface area contributed by atoms with E-state index in [9.17, 15) is 0 Å². The molecule has 62 valence electrons. The Kier molecular flexibility index (Phi) is 0.969. The lowest BCUT2D eigenvalue weighted by atomic mass is 9.85. The average molecular weight is 160 g/mol. The van der Waals surface area contributed by atoms with E-state index < -0.39 is 0 Å². The Bertz CT molecular complexity index is 341. The van der Waals surface area contributed by atoms with Crippen LogP contribution >= 0.6 is 0 Å². The van der Waals surface area contributed by atoms with E-state index in [4.69, 9.17) is 4.74 Å². The van der Waals surface area contributed by atoms with Gasteiger partial charge in [-0.3, -0.25) is 0 Å². The molecule has 2 atom stereocenters. The number of benzene rings is 1. The topological polar surface area (TPSA) is 12.5 Å². The molecule has 1 heterocycles. The number of fused-ring (bicyclic) bond motifs is 3. The number of ether oxygens (including phenoxy) is 1. The minimum atomic E-state index is 0.237. The van der Waals surface area contributed by atoms with Gasteiger partial charge < -0.3 is 4.74 Å². The zero-order valence-electron chi connectivity index (χ0n) is 7.37. The fourth-order valence-corrected chi connectivity index (χ4v) is 2.38. The first-order valence-electron chi connectivity index (χ1n) is 4.46. The SMILES string of the molecule is CC1(C)c2ccccc2C2OC21. The molecule has 0 N–H and O–H groups in total. The van der Waals surface area contributed by atoms with Gasteiger partial charge in [-0.05, 0) is 11.1 Å². The van der Waals surface area contributed by atoms with E-state index in [1.54, 1.807) is 0 Å². The minimum absolute atomic E-state index is 0.237. The number of hydrogen-bond donors (Lipinski definition) is 0. The van der Waals surface area contributed by atoms with Gasteiger partial charge in [-0.15, -0.1) is 0 Å². The van der Waals surface area contributed by atoms with Gasteiger partial charge in [-0.25, -0.2) is 0 Å². The van der Waals surface area contributed by atoms with Crippen molar-refractivity contribution >= 4 is 0 Å². The minimum Gasteiger partial charge on any atom is -0.364 e. The molecule has 1 nitrogen and oxygen atoms in total. The summed E-state index contributed by atoms with van der Waals surface area (Å²) in [6.07, 6.45) is 0.867. The molecular formula is C11H12O. The summed E-state index contributed by atoms with van der Waals surface area (Å²) in [5.41, 5.74) is 3.13. The molecule has 2 unspecified atom stereocenters. The molecule has 0 radical (unpaired) electrons. The van der Waals surface area contributed by atoms with E-state index in [0.29, 0.717) is 12.2 Å². The predicted molar refractivity (Wildman–Crippen MR) is 47.1 cm³/mol. The second-order valence-electron chi connectivity index (χ2n) is 4.29. The molecule has 12 heavy (non-hydrogen) atoms. The van der Waals surface area contributed by atoms with Gasteiger partial charge in [0.25, 0.3) is 0 Å². The van der Waals surface area contributed by atoms with Crippen LogP contribution in [0.25, 0.3) is 0 Å². The van der Waals surface area contributed by atoms with Crippen molar-refractivity contribution in [3.05, 3.63) is 35.4 Å². The second kappa shape index (κ2) is 1.74. The highest BCUT2D eigenvalue weighted by Gasteiger charge is 2.58. The van der Waals surface area contributed by atoms with E-state index in [-0.39, 0.29) is 5.41 Å². The van der Waals surface area contributed by atoms with Crippen LogP contribution in [0.1, 0.15) is 31.1 Å². The van der Waals surface area contributed by atoms with Crippen molar-refractivity contribution in [2.45, 2.75) is 31.5 Å². The molecule has 0 saturated carbocycles. The normalized spacial score (nSPS) is 34.2. The zero-order chi connectivity index (χ0) is 8.34. The summed E-state index contributed by atoms with van der Waals surface area (Å²) in [4.78, 5) is 0. The lowest BCUT2D eigenvalue weighted by molar-refractivity contribution is 0.292. The third-order valence-corrected chi connectivity index (χ3v) is 3.16. The van der Waals surface area contributed by atoms with Crippen LogP contribution in [0, 0.1) is 0 Å². The van der Waals surface area contributed by atoms with Gasteiger partial charge in [-0.2, -0.15) is 0 Å². The molecule has 0 bridgehead atoms. The standard InChI is InChI=1S/C11H12O/c1-11(2)8-6-4-3-5-7(8)9-10(11)12-9/h3-6,9-10H,1-2H3. The maximum Gasteiger partial charge on any atom is 0.110 e. The number of rotatable bonds is 0. The van der Waals surface area contributed by atoms with Gasteiger partial charge in [0.05, 0.1) is 6.10 Å². The lowest BCUT2D eigenvalue weighted by Crippen LogP contribution is -2.21. The molecule has 1 saturated heterocycles. The second-order valence-corrected chi connectivity index (χ2v) is 4.29. The Morgan fingerprint density at radius 1 is 1.25 bits per heavy atom. The van der Waals surface area contributed by atoms with Crippen LogP contribution in [0.15, 0.2) is 24.3 Å². The van der Waals surface area contributed by atoms with E-state index >= 15 is 0 Å². The van der Waals surface area contributed by atoms with Crippen molar-refractivity contribution in [3.63, 3.8) is 0 Å². The summed E-state index contributed by atoms with van der Waals surface area (Å²) in [5, 5.41) is 0. The molecule has 1 aliphatic heterocycles. The van der Waals surface area contributed by atoms with Gasteiger partial charge in [0.2, 0.25) is 0 Å². The van der Waals surface area contributed by atoms with Gasteiger partial charge in [0.15, 0.2) is 0 Å². The van der Waals surface area contributed by atoms with Crippen molar-refractivity contribution in [2.24, 2.45) is 0 Å². The summed E-state index contributed by atoms with van der Waals surface area (Å²) >= 11 is 0. The molecule has 1 aromatic carbocycles. The Morgan fingerprint density at radius 3 is 2.75 bits per heavy atom. The van der Waals surface area contributed by atoms with Crippen molar-refractivity contribution in [3.8, 4) is 0 Å². The van der Waals surface area contributed by atoms with Crippen LogP contribution in [0.2, 0.25) is 0 Å². The lowest BCUT2D eigenvalue weighted by Gasteiger charge is -2.20.